The number of rotatable bonds is 8. The van der Waals surface area contributed by atoms with Gasteiger partial charge in [-0.2, -0.15) is 0 Å². The molecule has 0 aliphatic heterocycles. The first-order chi connectivity index (χ1) is 15.5. The molecule has 32 heavy (non-hydrogen) atoms. The molecule has 164 valence electrons. The van der Waals surface area contributed by atoms with Crippen LogP contribution in [-0.2, 0) is 6.42 Å². The summed E-state index contributed by atoms with van der Waals surface area (Å²) in [5.41, 5.74) is 10.3. The molecule has 0 spiro atoms. The molecule has 0 saturated carbocycles. The fourth-order valence-electron chi connectivity index (χ4n) is 4.75. The van der Waals surface area contributed by atoms with Crippen molar-refractivity contribution >= 4 is 27.0 Å². The van der Waals surface area contributed by atoms with Gasteiger partial charge in [0, 0.05) is 20.5 Å². The Kier molecular flexibility index (Phi) is 6.93. The van der Waals surface area contributed by atoms with Gasteiger partial charge in [-0.05, 0) is 86.2 Å². The second-order valence-electron chi connectivity index (χ2n) is 8.71. The molecule has 4 rings (SSSR count). The molecule has 1 N–H and O–H groups in total. The van der Waals surface area contributed by atoms with Crippen LogP contribution < -0.4 is 5.32 Å². The van der Waals surface area contributed by atoms with Gasteiger partial charge in [0.15, 0.2) is 0 Å². The van der Waals surface area contributed by atoms with E-state index in [2.05, 4.69) is 100 Å². The van der Waals surface area contributed by atoms with E-state index in [0.29, 0.717) is 0 Å². The Bertz CT molecular complexity index is 1220. The zero-order chi connectivity index (χ0) is 22.7. The molecule has 0 aliphatic rings. The predicted molar refractivity (Wildman–Crippen MR) is 143 cm³/mol. The molecular formula is C30H33NS. The number of fused-ring (bicyclic) bond motifs is 1. The summed E-state index contributed by atoms with van der Waals surface area (Å²) in [5, 5.41) is 4.73. The van der Waals surface area contributed by atoms with Crippen LogP contribution in [0, 0.1) is 20.8 Å². The van der Waals surface area contributed by atoms with Crippen LogP contribution in [0.5, 0.6) is 0 Å². The van der Waals surface area contributed by atoms with Crippen LogP contribution in [0.1, 0.15) is 46.0 Å². The number of aryl methyl sites for hydroxylation is 4. The van der Waals surface area contributed by atoms with Crippen molar-refractivity contribution in [2.45, 2.75) is 40.5 Å². The van der Waals surface area contributed by atoms with E-state index in [-0.39, 0.29) is 0 Å². The Morgan fingerprint density at radius 3 is 2.31 bits per heavy atom. The van der Waals surface area contributed by atoms with Crippen molar-refractivity contribution < 1.29 is 0 Å². The van der Waals surface area contributed by atoms with Crippen molar-refractivity contribution in [2.24, 2.45) is 0 Å². The highest BCUT2D eigenvalue weighted by Gasteiger charge is 2.19. The summed E-state index contributed by atoms with van der Waals surface area (Å²) in [6.07, 6.45) is 2.28. The Labute approximate surface area is 196 Å². The van der Waals surface area contributed by atoms with Gasteiger partial charge in [-0.15, -0.1) is 11.3 Å². The largest absolute Gasteiger partial charge is 0.317 e. The number of hydrogen-bond donors (Lipinski definition) is 1. The summed E-state index contributed by atoms with van der Waals surface area (Å²) in [7, 11) is 0. The van der Waals surface area contributed by atoms with Crippen molar-refractivity contribution in [3.8, 4) is 11.1 Å². The molecule has 2 heteroatoms. The first kappa shape index (κ1) is 22.5. The van der Waals surface area contributed by atoms with E-state index in [1.807, 2.05) is 11.3 Å². The molecule has 0 radical (unpaired) electrons. The Hall–Kier alpha value is -2.68. The Morgan fingerprint density at radius 1 is 0.938 bits per heavy atom. The van der Waals surface area contributed by atoms with Gasteiger partial charge in [0.25, 0.3) is 0 Å². The predicted octanol–water partition coefficient (Wildman–Crippen LogP) is 8.10. The maximum atomic E-state index is 4.61. The highest BCUT2D eigenvalue weighted by Crippen LogP contribution is 2.44. The molecule has 0 bridgehead atoms. The molecular weight excluding hydrogens is 406 g/mol. The summed E-state index contributed by atoms with van der Waals surface area (Å²) in [5.74, 6) is 0. The van der Waals surface area contributed by atoms with Crippen molar-refractivity contribution in [2.75, 3.05) is 13.1 Å². The highest BCUT2D eigenvalue weighted by molar-refractivity contribution is 7.20. The SMILES string of the molecule is C=C(c1sc2ccccc2c1-c1ccc(CCCNCC)cc1)c1c(C)cc(C)cc1C. The first-order valence-corrected chi connectivity index (χ1v) is 12.4. The van der Waals surface area contributed by atoms with Gasteiger partial charge in [0.2, 0.25) is 0 Å². The molecule has 1 heterocycles. The molecule has 3 aromatic carbocycles. The van der Waals surface area contributed by atoms with E-state index in [4.69, 9.17) is 0 Å². The summed E-state index contributed by atoms with van der Waals surface area (Å²) in [6, 6.07) is 22.5. The Morgan fingerprint density at radius 2 is 1.62 bits per heavy atom. The lowest BCUT2D eigenvalue weighted by atomic mass is 9.90. The lowest BCUT2D eigenvalue weighted by Gasteiger charge is -2.15. The van der Waals surface area contributed by atoms with Gasteiger partial charge in [-0.3, -0.25) is 0 Å². The fraction of sp³-hybridized carbons (Fsp3) is 0.267. The molecule has 0 aliphatic carbocycles. The van der Waals surface area contributed by atoms with Crippen molar-refractivity contribution in [3.05, 3.63) is 99.9 Å². The van der Waals surface area contributed by atoms with Crippen LogP contribution in [0.25, 0.3) is 26.8 Å². The van der Waals surface area contributed by atoms with E-state index < -0.39 is 0 Å². The summed E-state index contributed by atoms with van der Waals surface area (Å²) < 4.78 is 1.32. The number of benzene rings is 3. The zero-order valence-electron chi connectivity index (χ0n) is 19.7. The van der Waals surface area contributed by atoms with Crippen LogP contribution in [0.15, 0.2) is 67.2 Å². The summed E-state index contributed by atoms with van der Waals surface area (Å²) >= 11 is 1.86. The average Bonchev–Trinajstić information content (AvgIpc) is 3.16. The Balaban J connectivity index is 1.76. The van der Waals surface area contributed by atoms with Gasteiger partial charge >= 0.3 is 0 Å². The maximum Gasteiger partial charge on any atom is 0.0434 e. The summed E-state index contributed by atoms with van der Waals surface area (Å²) in [6.45, 7) is 15.5. The quantitative estimate of drug-likeness (QED) is 0.273. The maximum absolute atomic E-state index is 4.61. The third-order valence-electron chi connectivity index (χ3n) is 6.16. The smallest absolute Gasteiger partial charge is 0.0434 e. The highest BCUT2D eigenvalue weighted by atomic mass is 32.1. The van der Waals surface area contributed by atoms with Crippen molar-refractivity contribution in [1.82, 2.24) is 5.32 Å². The lowest BCUT2D eigenvalue weighted by molar-refractivity contribution is 0.673. The molecule has 1 nitrogen and oxygen atoms in total. The van der Waals surface area contributed by atoms with Gasteiger partial charge in [-0.1, -0.05) is 73.7 Å². The molecule has 0 saturated heterocycles. The molecule has 0 atom stereocenters. The third-order valence-corrected chi connectivity index (χ3v) is 7.39. The van der Waals surface area contributed by atoms with Crippen LogP contribution in [0.2, 0.25) is 0 Å². The molecule has 4 aromatic rings. The zero-order valence-corrected chi connectivity index (χ0v) is 20.5. The fourth-order valence-corrected chi connectivity index (χ4v) is 5.95. The van der Waals surface area contributed by atoms with Crippen molar-refractivity contribution in [1.29, 1.82) is 0 Å². The normalized spacial score (nSPS) is 11.2. The minimum atomic E-state index is 1.04. The lowest BCUT2D eigenvalue weighted by Crippen LogP contribution is -2.14. The van der Waals surface area contributed by atoms with E-state index in [1.54, 1.807) is 0 Å². The van der Waals surface area contributed by atoms with Gasteiger partial charge in [0.1, 0.15) is 0 Å². The number of hydrogen-bond acceptors (Lipinski definition) is 2. The van der Waals surface area contributed by atoms with E-state index in [9.17, 15) is 0 Å². The summed E-state index contributed by atoms with van der Waals surface area (Å²) in [4.78, 5) is 1.28. The minimum Gasteiger partial charge on any atom is -0.317 e. The van der Waals surface area contributed by atoms with Crippen molar-refractivity contribution in [3.63, 3.8) is 0 Å². The minimum absolute atomic E-state index is 1.04. The topological polar surface area (TPSA) is 12.0 Å². The van der Waals surface area contributed by atoms with Gasteiger partial charge < -0.3 is 5.32 Å². The first-order valence-electron chi connectivity index (χ1n) is 11.6. The van der Waals surface area contributed by atoms with Gasteiger partial charge in [0.05, 0.1) is 0 Å². The van der Waals surface area contributed by atoms with Crippen LogP contribution in [0.4, 0.5) is 0 Å². The molecule has 0 amide bonds. The van der Waals surface area contributed by atoms with Crippen LogP contribution in [0.3, 0.4) is 0 Å². The monoisotopic (exact) mass is 439 g/mol. The van der Waals surface area contributed by atoms with E-state index in [1.165, 1.54) is 60.3 Å². The average molecular weight is 440 g/mol. The molecule has 0 fully saturated rings. The third kappa shape index (κ3) is 4.57. The number of thiophene rings is 1. The molecule has 0 unspecified atom stereocenters. The van der Waals surface area contributed by atoms with Gasteiger partial charge in [-0.25, -0.2) is 0 Å². The van der Waals surface area contributed by atoms with E-state index in [0.717, 1.165) is 25.1 Å². The van der Waals surface area contributed by atoms with E-state index >= 15 is 0 Å². The second-order valence-corrected chi connectivity index (χ2v) is 9.76. The van der Waals surface area contributed by atoms with Crippen LogP contribution >= 0.6 is 11.3 Å². The molecule has 1 aromatic heterocycles. The standard InChI is InChI=1S/C30H33NS/c1-6-31-17-9-10-24-13-15-25(16-14-24)29-26-11-7-8-12-27(26)32-30(29)23(5)28-21(3)18-20(2)19-22(28)4/h7-8,11-16,18-19,31H,5-6,9-10,17H2,1-4H3. The second kappa shape index (κ2) is 9.85. The van der Waals surface area contributed by atoms with Crippen LogP contribution in [-0.4, -0.2) is 13.1 Å². The number of nitrogens with one attached hydrogen (secondary N) is 1.